The van der Waals surface area contributed by atoms with Gasteiger partial charge in [-0.05, 0) is 0 Å². The summed E-state index contributed by atoms with van der Waals surface area (Å²) in [6, 6.07) is -1.64. The third-order valence-electron chi connectivity index (χ3n) is 2.85. The lowest BCUT2D eigenvalue weighted by atomic mass is 10.1. The van der Waals surface area contributed by atoms with Crippen LogP contribution in [0.4, 0.5) is 0 Å². The maximum Gasteiger partial charge on any atom is 0.321 e. The van der Waals surface area contributed by atoms with Gasteiger partial charge in [0.2, 0.25) is 0 Å². The van der Waals surface area contributed by atoms with Gasteiger partial charge in [-0.1, -0.05) is 0 Å². The normalized spacial score (nSPS) is 12.1. The number of carboxylic acids is 5. The second-order valence-electron chi connectivity index (χ2n) is 4.81. The Labute approximate surface area is 135 Å². The van der Waals surface area contributed by atoms with Crippen molar-refractivity contribution in [3.8, 4) is 0 Å². The van der Waals surface area contributed by atoms with E-state index in [-0.39, 0.29) is 13.1 Å². The summed E-state index contributed by atoms with van der Waals surface area (Å²) in [6.07, 6.45) is -0.861. The highest BCUT2D eigenvalue weighted by molar-refractivity contribution is 5.81. The van der Waals surface area contributed by atoms with E-state index >= 15 is 0 Å². The number of rotatable bonds is 13. The molecule has 0 heterocycles. The largest absolute Gasteiger partial charge is 0.481 e. The molecule has 0 saturated heterocycles. The maximum atomic E-state index is 11.2. The molecule has 12 nitrogen and oxygen atoms in total. The van der Waals surface area contributed by atoms with Crippen LogP contribution in [0.25, 0.3) is 0 Å². The summed E-state index contributed by atoms with van der Waals surface area (Å²) in [5.74, 6) is -7.05. The smallest absolute Gasteiger partial charge is 0.321 e. The Bertz CT molecular complexity index is 490. The van der Waals surface area contributed by atoms with Gasteiger partial charge in [-0.15, -0.1) is 0 Å². The molecule has 136 valence electrons. The van der Waals surface area contributed by atoms with E-state index in [0.29, 0.717) is 0 Å². The molecule has 0 amide bonds. The first kappa shape index (κ1) is 21.3. The van der Waals surface area contributed by atoms with Gasteiger partial charge in [-0.25, -0.2) is 0 Å². The lowest BCUT2D eigenvalue weighted by Gasteiger charge is -2.28. The Kier molecular flexibility index (Phi) is 8.97. The van der Waals surface area contributed by atoms with Crippen molar-refractivity contribution in [1.29, 1.82) is 0 Å². The van der Waals surface area contributed by atoms with Gasteiger partial charge in [0, 0.05) is 13.1 Å². The molecule has 0 saturated carbocycles. The zero-order chi connectivity index (χ0) is 18.9. The molecule has 1 atom stereocenters. The first-order valence-electron chi connectivity index (χ1n) is 6.59. The molecule has 0 radical (unpaired) electrons. The molecule has 0 aromatic heterocycles. The summed E-state index contributed by atoms with van der Waals surface area (Å²) >= 11 is 0. The molecular weight excluding hydrogens is 332 g/mol. The summed E-state index contributed by atoms with van der Waals surface area (Å²) in [7, 11) is 0. The predicted molar refractivity (Wildman–Crippen MR) is 74.6 cm³/mol. The fourth-order valence-electron chi connectivity index (χ4n) is 1.92. The Hall–Kier alpha value is -2.73. The van der Waals surface area contributed by atoms with Crippen LogP contribution in [0.5, 0.6) is 0 Å². The van der Waals surface area contributed by atoms with E-state index < -0.39 is 61.9 Å². The number of hydrogen-bond donors (Lipinski definition) is 5. The van der Waals surface area contributed by atoms with Crippen molar-refractivity contribution < 1.29 is 49.5 Å². The first-order chi connectivity index (χ1) is 11.0. The van der Waals surface area contributed by atoms with E-state index in [9.17, 15) is 24.0 Å². The van der Waals surface area contributed by atoms with Gasteiger partial charge >= 0.3 is 29.8 Å². The van der Waals surface area contributed by atoms with Gasteiger partial charge in [0.1, 0.15) is 6.04 Å². The monoisotopic (exact) mass is 350 g/mol. The summed E-state index contributed by atoms with van der Waals surface area (Å²) in [6.45, 7) is -2.70. The van der Waals surface area contributed by atoms with Crippen LogP contribution in [-0.4, -0.2) is 104 Å². The minimum atomic E-state index is -1.64. The van der Waals surface area contributed by atoms with Crippen LogP contribution in [0.2, 0.25) is 0 Å². The van der Waals surface area contributed by atoms with Crippen molar-refractivity contribution in [1.82, 2.24) is 9.80 Å². The van der Waals surface area contributed by atoms with E-state index in [1.807, 2.05) is 0 Å². The first-order valence-corrected chi connectivity index (χ1v) is 6.59. The molecule has 0 bridgehead atoms. The minimum Gasteiger partial charge on any atom is -0.481 e. The lowest BCUT2D eigenvalue weighted by Crippen LogP contribution is -2.49. The molecule has 0 aliphatic carbocycles. The zero-order valence-electron chi connectivity index (χ0n) is 12.5. The van der Waals surface area contributed by atoms with E-state index in [1.165, 1.54) is 0 Å². The van der Waals surface area contributed by atoms with Crippen LogP contribution in [0.1, 0.15) is 6.42 Å². The molecule has 0 aromatic rings. The molecule has 24 heavy (non-hydrogen) atoms. The fraction of sp³-hybridized carbons (Fsp3) is 0.583. The van der Waals surface area contributed by atoms with Crippen molar-refractivity contribution >= 4 is 29.8 Å². The predicted octanol–water partition coefficient (Wildman–Crippen LogP) is -2.23. The Morgan fingerprint density at radius 3 is 1.46 bits per heavy atom. The van der Waals surface area contributed by atoms with Crippen LogP contribution >= 0.6 is 0 Å². The molecule has 1 unspecified atom stereocenters. The molecule has 0 fully saturated rings. The topological polar surface area (TPSA) is 193 Å². The summed E-state index contributed by atoms with van der Waals surface area (Å²) in [4.78, 5) is 55.9. The Balaban J connectivity index is 5.11. The number of carboxylic acid groups (broad SMARTS) is 5. The quantitative estimate of drug-likeness (QED) is 0.240. The number of nitrogens with zero attached hydrogens (tertiary/aromatic N) is 2. The molecule has 5 N–H and O–H groups in total. The molecule has 0 aliphatic rings. The van der Waals surface area contributed by atoms with Crippen LogP contribution < -0.4 is 0 Å². The maximum absolute atomic E-state index is 11.2. The zero-order valence-corrected chi connectivity index (χ0v) is 12.5. The van der Waals surface area contributed by atoms with Crippen LogP contribution in [-0.2, 0) is 24.0 Å². The van der Waals surface area contributed by atoms with Gasteiger partial charge in [0.05, 0.1) is 26.1 Å². The van der Waals surface area contributed by atoms with Crippen LogP contribution in [0, 0.1) is 0 Å². The van der Waals surface area contributed by atoms with Gasteiger partial charge in [-0.2, -0.15) is 0 Å². The summed E-state index contributed by atoms with van der Waals surface area (Å²) in [5, 5.41) is 44.0. The standard InChI is InChI=1S/C12H18N2O10/c15-8(16)3-7(12(23)24)14(6-11(21)22)2-1-13(4-9(17)18)5-10(19)20/h7H,1-6H2,(H,15,16)(H,17,18)(H,19,20)(H,21,22)(H,23,24). The molecule has 0 spiro atoms. The van der Waals surface area contributed by atoms with E-state index in [4.69, 9.17) is 25.5 Å². The van der Waals surface area contributed by atoms with E-state index in [0.717, 1.165) is 9.80 Å². The van der Waals surface area contributed by atoms with Crippen molar-refractivity contribution in [2.45, 2.75) is 12.5 Å². The van der Waals surface area contributed by atoms with E-state index in [1.54, 1.807) is 0 Å². The van der Waals surface area contributed by atoms with Crippen molar-refractivity contribution in [2.24, 2.45) is 0 Å². The lowest BCUT2D eigenvalue weighted by molar-refractivity contribution is -0.152. The van der Waals surface area contributed by atoms with Gasteiger partial charge in [-0.3, -0.25) is 33.8 Å². The number of carbonyl (C=O) groups is 5. The molecular formula is C12H18N2O10. The summed E-state index contributed by atoms with van der Waals surface area (Å²) in [5.41, 5.74) is 0. The molecule has 12 heteroatoms. The third-order valence-corrected chi connectivity index (χ3v) is 2.85. The number of hydrogen-bond acceptors (Lipinski definition) is 7. The summed E-state index contributed by atoms with van der Waals surface area (Å²) < 4.78 is 0. The highest BCUT2D eigenvalue weighted by Gasteiger charge is 2.30. The average molecular weight is 350 g/mol. The molecule has 0 aliphatic heterocycles. The van der Waals surface area contributed by atoms with Crippen molar-refractivity contribution in [3.05, 3.63) is 0 Å². The molecule has 0 rings (SSSR count). The SMILES string of the molecule is O=C(O)CC(C(=O)O)N(CCN(CC(=O)O)CC(=O)O)CC(=O)O. The highest BCUT2D eigenvalue weighted by Crippen LogP contribution is 2.06. The number of aliphatic carboxylic acids is 5. The highest BCUT2D eigenvalue weighted by atomic mass is 16.4. The Morgan fingerprint density at radius 2 is 1.12 bits per heavy atom. The average Bonchev–Trinajstić information content (AvgIpc) is 2.38. The third kappa shape index (κ3) is 9.32. The van der Waals surface area contributed by atoms with Gasteiger partial charge < -0.3 is 25.5 Å². The van der Waals surface area contributed by atoms with Crippen LogP contribution in [0.3, 0.4) is 0 Å². The van der Waals surface area contributed by atoms with Crippen molar-refractivity contribution in [2.75, 3.05) is 32.7 Å². The molecule has 0 aromatic carbocycles. The Morgan fingerprint density at radius 1 is 0.667 bits per heavy atom. The van der Waals surface area contributed by atoms with E-state index in [2.05, 4.69) is 0 Å². The minimum absolute atomic E-state index is 0.269. The van der Waals surface area contributed by atoms with Gasteiger partial charge in [0.15, 0.2) is 0 Å². The van der Waals surface area contributed by atoms with Crippen molar-refractivity contribution in [3.63, 3.8) is 0 Å². The second kappa shape index (κ2) is 10.1. The van der Waals surface area contributed by atoms with Crippen LogP contribution in [0.15, 0.2) is 0 Å². The fourth-order valence-corrected chi connectivity index (χ4v) is 1.92. The van der Waals surface area contributed by atoms with Gasteiger partial charge in [0.25, 0.3) is 0 Å². The second-order valence-corrected chi connectivity index (χ2v) is 4.81.